The zero-order valence-electron chi connectivity index (χ0n) is 12.8. The van der Waals surface area contributed by atoms with E-state index in [1.54, 1.807) is 0 Å². The summed E-state index contributed by atoms with van der Waals surface area (Å²) in [6.07, 6.45) is 2.00. The fourth-order valence-electron chi connectivity index (χ4n) is 3.09. The first-order chi connectivity index (χ1) is 10.7. The van der Waals surface area contributed by atoms with E-state index in [0.29, 0.717) is 18.2 Å². The van der Waals surface area contributed by atoms with E-state index in [2.05, 4.69) is 17.1 Å². The van der Waals surface area contributed by atoms with Crippen LogP contribution in [0.4, 0.5) is 0 Å². The third-order valence-electron chi connectivity index (χ3n) is 4.39. The highest BCUT2D eigenvalue weighted by Crippen LogP contribution is 2.24. The molecule has 0 spiro atoms. The molecule has 1 amide bonds. The Morgan fingerprint density at radius 2 is 2.18 bits per heavy atom. The second-order valence-corrected chi connectivity index (χ2v) is 6.05. The fourth-order valence-corrected chi connectivity index (χ4v) is 3.09. The van der Waals surface area contributed by atoms with E-state index < -0.39 is 0 Å². The molecule has 1 fully saturated rings. The molecule has 0 bridgehead atoms. The minimum atomic E-state index is -0.00275. The predicted octanol–water partition coefficient (Wildman–Crippen LogP) is 2.28. The van der Waals surface area contributed by atoms with Gasteiger partial charge in [-0.15, -0.1) is 0 Å². The molecule has 1 saturated heterocycles. The number of nitrogens with zero attached hydrogens (tertiary/aromatic N) is 2. The van der Waals surface area contributed by atoms with Crippen LogP contribution in [0.15, 0.2) is 36.4 Å². The molecule has 2 atom stereocenters. The Balaban J connectivity index is 1.79. The van der Waals surface area contributed by atoms with Crippen molar-refractivity contribution in [2.45, 2.75) is 25.8 Å². The summed E-state index contributed by atoms with van der Waals surface area (Å²) in [5, 5.41) is 7.14. The van der Waals surface area contributed by atoms with Gasteiger partial charge in [0, 0.05) is 24.7 Å². The van der Waals surface area contributed by atoms with Gasteiger partial charge < -0.3 is 10.6 Å². The summed E-state index contributed by atoms with van der Waals surface area (Å²) < 4.78 is 0. The summed E-state index contributed by atoms with van der Waals surface area (Å²) in [5.74, 6) is 0.622. The number of rotatable bonds is 3. The number of nitrogens with one attached hydrogen (secondary N) is 1. The average molecular weight is 298 g/mol. The molecule has 1 aliphatic heterocycles. The number of H-pyrrole nitrogens is 1. The Bertz CT molecular complexity index is 637. The van der Waals surface area contributed by atoms with Gasteiger partial charge in [-0.05, 0) is 24.8 Å². The Morgan fingerprint density at radius 3 is 2.91 bits per heavy atom. The SMILES string of the molecule is CC1CCN(C(=O)c2cc(-c3ccccc3)n[nH]2)C(CN)C1. The lowest BCUT2D eigenvalue weighted by atomic mass is 9.92. The monoisotopic (exact) mass is 298 g/mol. The van der Waals surface area contributed by atoms with E-state index in [4.69, 9.17) is 5.73 Å². The number of amides is 1. The van der Waals surface area contributed by atoms with Crippen LogP contribution in [0.2, 0.25) is 0 Å². The molecule has 3 N–H and O–H groups in total. The molecule has 1 aliphatic rings. The van der Waals surface area contributed by atoms with Gasteiger partial charge in [-0.1, -0.05) is 37.3 Å². The predicted molar refractivity (Wildman–Crippen MR) is 86.3 cm³/mol. The quantitative estimate of drug-likeness (QED) is 0.913. The standard InChI is InChI=1S/C17H22N4O/c1-12-7-8-21(14(9-12)11-18)17(22)16-10-15(19-20-16)13-5-3-2-4-6-13/h2-6,10,12,14H,7-9,11,18H2,1H3,(H,19,20). The van der Waals surface area contributed by atoms with Crippen LogP contribution in [0.1, 0.15) is 30.3 Å². The van der Waals surface area contributed by atoms with Gasteiger partial charge in [0.2, 0.25) is 0 Å². The van der Waals surface area contributed by atoms with Crippen LogP contribution in [0, 0.1) is 5.92 Å². The second kappa shape index (κ2) is 6.32. The first-order valence-electron chi connectivity index (χ1n) is 7.81. The van der Waals surface area contributed by atoms with Crippen molar-refractivity contribution in [3.05, 3.63) is 42.1 Å². The third kappa shape index (κ3) is 2.90. The summed E-state index contributed by atoms with van der Waals surface area (Å²) in [6, 6.07) is 11.8. The van der Waals surface area contributed by atoms with Gasteiger partial charge >= 0.3 is 0 Å². The molecule has 5 nitrogen and oxygen atoms in total. The van der Waals surface area contributed by atoms with Crippen molar-refractivity contribution >= 4 is 5.91 Å². The molecule has 2 heterocycles. The molecule has 0 saturated carbocycles. The minimum absolute atomic E-state index is 0.00275. The molecule has 116 valence electrons. The molecule has 0 radical (unpaired) electrons. The van der Waals surface area contributed by atoms with Crippen molar-refractivity contribution in [3.63, 3.8) is 0 Å². The zero-order valence-corrected chi connectivity index (χ0v) is 12.8. The lowest BCUT2D eigenvalue weighted by Crippen LogP contribution is -2.49. The maximum Gasteiger partial charge on any atom is 0.272 e. The van der Waals surface area contributed by atoms with Gasteiger partial charge in [-0.25, -0.2) is 0 Å². The molecule has 2 unspecified atom stereocenters. The number of piperidine rings is 1. The fraction of sp³-hybridized carbons (Fsp3) is 0.412. The topological polar surface area (TPSA) is 75.0 Å². The Morgan fingerprint density at radius 1 is 1.41 bits per heavy atom. The van der Waals surface area contributed by atoms with Crippen LogP contribution in [0.25, 0.3) is 11.3 Å². The summed E-state index contributed by atoms with van der Waals surface area (Å²) in [5.41, 5.74) is 8.17. The number of aromatic amines is 1. The molecule has 5 heteroatoms. The highest BCUT2D eigenvalue weighted by molar-refractivity contribution is 5.93. The van der Waals surface area contributed by atoms with Gasteiger partial charge in [0.25, 0.3) is 5.91 Å². The molecule has 1 aromatic heterocycles. The normalized spacial score (nSPS) is 21.8. The van der Waals surface area contributed by atoms with Gasteiger partial charge in [-0.3, -0.25) is 9.89 Å². The lowest BCUT2D eigenvalue weighted by Gasteiger charge is -2.37. The van der Waals surface area contributed by atoms with Crippen molar-refractivity contribution in [1.29, 1.82) is 0 Å². The van der Waals surface area contributed by atoms with E-state index in [1.807, 2.05) is 41.3 Å². The van der Waals surface area contributed by atoms with Gasteiger partial charge in [0.05, 0.1) is 5.69 Å². The number of carbonyl (C=O) groups is 1. The molecule has 2 aromatic rings. The molecule has 1 aromatic carbocycles. The summed E-state index contributed by atoms with van der Waals surface area (Å²) >= 11 is 0. The molecule has 22 heavy (non-hydrogen) atoms. The van der Waals surface area contributed by atoms with Crippen LogP contribution < -0.4 is 5.73 Å². The minimum Gasteiger partial charge on any atom is -0.333 e. The lowest BCUT2D eigenvalue weighted by molar-refractivity contribution is 0.0567. The van der Waals surface area contributed by atoms with Crippen molar-refractivity contribution in [1.82, 2.24) is 15.1 Å². The molecule has 0 aliphatic carbocycles. The van der Waals surface area contributed by atoms with Crippen LogP contribution in [-0.2, 0) is 0 Å². The Hall–Kier alpha value is -2.14. The Kier molecular flexibility index (Phi) is 4.24. The van der Waals surface area contributed by atoms with E-state index in [1.165, 1.54) is 0 Å². The molecular weight excluding hydrogens is 276 g/mol. The first-order valence-corrected chi connectivity index (χ1v) is 7.81. The summed E-state index contributed by atoms with van der Waals surface area (Å²) in [7, 11) is 0. The number of hydrogen-bond acceptors (Lipinski definition) is 3. The number of aromatic nitrogens is 2. The van der Waals surface area contributed by atoms with Crippen molar-refractivity contribution < 1.29 is 4.79 Å². The highest BCUT2D eigenvalue weighted by Gasteiger charge is 2.30. The number of carbonyl (C=O) groups excluding carboxylic acids is 1. The van der Waals surface area contributed by atoms with E-state index in [0.717, 1.165) is 30.6 Å². The smallest absolute Gasteiger partial charge is 0.272 e. The van der Waals surface area contributed by atoms with Crippen LogP contribution in [-0.4, -0.2) is 40.1 Å². The number of nitrogens with two attached hydrogens (primary N) is 1. The van der Waals surface area contributed by atoms with Gasteiger partial charge in [0.1, 0.15) is 5.69 Å². The number of hydrogen-bond donors (Lipinski definition) is 2. The zero-order chi connectivity index (χ0) is 15.5. The van der Waals surface area contributed by atoms with E-state index in [-0.39, 0.29) is 11.9 Å². The highest BCUT2D eigenvalue weighted by atomic mass is 16.2. The van der Waals surface area contributed by atoms with Crippen molar-refractivity contribution in [2.24, 2.45) is 11.7 Å². The first kappa shape index (κ1) is 14.8. The van der Waals surface area contributed by atoms with Gasteiger partial charge in [0.15, 0.2) is 0 Å². The number of likely N-dealkylation sites (tertiary alicyclic amines) is 1. The Labute approximate surface area is 130 Å². The third-order valence-corrected chi connectivity index (χ3v) is 4.39. The second-order valence-electron chi connectivity index (χ2n) is 6.05. The number of benzene rings is 1. The van der Waals surface area contributed by atoms with Crippen LogP contribution in [0.5, 0.6) is 0 Å². The van der Waals surface area contributed by atoms with Gasteiger partial charge in [-0.2, -0.15) is 5.10 Å². The maximum atomic E-state index is 12.7. The average Bonchev–Trinajstić information content (AvgIpc) is 3.05. The van der Waals surface area contributed by atoms with Crippen molar-refractivity contribution in [3.8, 4) is 11.3 Å². The molecule has 3 rings (SSSR count). The maximum absolute atomic E-state index is 12.7. The van der Waals surface area contributed by atoms with E-state index >= 15 is 0 Å². The van der Waals surface area contributed by atoms with Crippen LogP contribution in [0.3, 0.4) is 0 Å². The van der Waals surface area contributed by atoms with Crippen molar-refractivity contribution in [2.75, 3.05) is 13.1 Å². The summed E-state index contributed by atoms with van der Waals surface area (Å²) in [4.78, 5) is 14.6. The summed E-state index contributed by atoms with van der Waals surface area (Å²) in [6.45, 7) is 3.49. The van der Waals surface area contributed by atoms with Crippen LogP contribution >= 0.6 is 0 Å². The molecular formula is C17H22N4O. The van der Waals surface area contributed by atoms with E-state index in [9.17, 15) is 4.79 Å². The largest absolute Gasteiger partial charge is 0.333 e.